The van der Waals surface area contributed by atoms with Crippen molar-refractivity contribution in [2.45, 2.75) is 6.54 Å². The number of pyridine rings is 1. The first-order valence-corrected chi connectivity index (χ1v) is 5.92. The van der Waals surface area contributed by atoms with Crippen molar-refractivity contribution < 1.29 is 4.39 Å². The fraction of sp³-hybridized carbons (Fsp3) is 0.0769. The lowest BCUT2D eigenvalue weighted by Crippen LogP contribution is -1.99. The number of fused-ring (bicyclic) bond motifs is 1. The average molecular weight is 259 g/mol. The summed E-state index contributed by atoms with van der Waals surface area (Å²) in [4.78, 5) is 7.15. The minimum atomic E-state index is -0.231. The van der Waals surface area contributed by atoms with Crippen LogP contribution in [0.5, 0.6) is 0 Å². The van der Waals surface area contributed by atoms with E-state index in [9.17, 15) is 4.39 Å². The van der Waals surface area contributed by atoms with Crippen molar-refractivity contribution in [1.82, 2.24) is 14.5 Å². The molecule has 3 nitrogen and oxygen atoms in total. The van der Waals surface area contributed by atoms with Crippen molar-refractivity contribution in [3.63, 3.8) is 0 Å². The van der Waals surface area contributed by atoms with Crippen molar-refractivity contribution >= 4 is 23.3 Å². The highest BCUT2D eigenvalue weighted by atomic mass is 32.1. The molecule has 0 unspecified atom stereocenters. The molecule has 0 fully saturated rings. The standard InChI is InChI=1S/C13H10FN3S/c14-10-3-1-9(2-4-10)8-17-12-5-6-15-7-11(12)16-13(17)18/h1-7H,8H2,(H,16,18). The van der Waals surface area contributed by atoms with Gasteiger partial charge in [-0.3, -0.25) is 4.98 Å². The van der Waals surface area contributed by atoms with Gasteiger partial charge < -0.3 is 9.55 Å². The van der Waals surface area contributed by atoms with Crippen LogP contribution in [-0.2, 0) is 6.54 Å². The molecule has 18 heavy (non-hydrogen) atoms. The summed E-state index contributed by atoms with van der Waals surface area (Å²) in [5, 5.41) is 0. The first kappa shape index (κ1) is 11.1. The van der Waals surface area contributed by atoms with Gasteiger partial charge in [0.1, 0.15) is 5.82 Å². The molecule has 0 aliphatic rings. The molecule has 0 saturated carbocycles. The second-order valence-electron chi connectivity index (χ2n) is 4.04. The number of hydrogen-bond donors (Lipinski definition) is 1. The molecule has 0 spiro atoms. The summed E-state index contributed by atoms with van der Waals surface area (Å²) in [5.41, 5.74) is 2.91. The third-order valence-electron chi connectivity index (χ3n) is 2.83. The molecule has 0 aliphatic heterocycles. The number of nitrogens with zero attached hydrogens (tertiary/aromatic N) is 2. The molecule has 0 radical (unpaired) electrons. The molecule has 0 saturated heterocycles. The molecule has 5 heteroatoms. The molecule has 90 valence electrons. The maximum absolute atomic E-state index is 12.9. The van der Waals surface area contributed by atoms with Gasteiger partial charge in [-0.2, -0.15) is 0 Å². The maximum Gasteiger partial charge on any atom is 0.178 e. The molecule has 3 aromatic rings. The number of hydrogen-bond acceptors (Lipinski definition) is 2. The Morgan fingerprint density at radius 2 is 2.00 bits per heavy atom. The first-order valence-electron chi connectivity index (χ1n) is 5.51. The van der Waals surface area contributed by atoms with Crippen LogP contribution in [-0.4, -0.2) is 14.5 Å². The van der Waals surface area contributed by atoms with E-state index in [1.807, 2.05) is 10.6 Å². The minimum absolute atomic E-state index is 0.231. The lowest BCUT2D eigenvalue weighted by atomic mass is 10.2. The Hall–Kier alpha value is -2.01. The highest BCUT2D eigenvalue weighted by molar-refractivity contribution is 7.71. The molecule has 3 rings (SSSR count). The van der Waals surface area contributed by atoms with Crippen molar-refractivity contribution in [3.05, 3.63) is 58.9 Å². The van der Waals surface area contributed by atoms with Crippen LogP contribution in [0.3, 0.4) is 0 Å². The van der Waals surface area contributed by atoms with Gasteiger partial charge in [0.2, 0.25) is 0 Å². The predicted octanol–water partition coefficient (Wildman–Crippen LogP) is 3.28. The second kappa shape index (κ2) is 4.34. The van der Waals surface area contributed by atoms with E-state index in [4.69, 9.17) is 12.2 Å². The number of rotatable bonds is 2. The summed E-state index contributed by atoms with van der Waals surface area (Å²) < 4.78 is 15.5. The van der Waals surface area contributed by atoms with E-state index in [0.29, 0.717) is 11.3 Å². The topological polar surface area (TPSA) is 33.6 Å². The Morgan fingerprint density at radius 3 is 2.78 bits per heavy atom. The van der Waals surface area contributed by atoms with E-state index in [2.05, 4.69) is 9.97 Å². The van der Waals surface area contributed by atoms with Crippen molar-refractivity contribution in [1.29, 1.82) is 0 Å². The number of aromatic amines is 1. The fourth-order valence-electron chi connectivity index (χ4n) is 1.94. The number of aromatic nitrogens is 3. The molecule has 0 amide bonds. The third kappa shape index (κ3) is 1.93. The van der Waals surface area contributed by atoms with E-state index in [0.717, 1.165) is 16.6 Å². The summed E-state index contributed by atoms with van der Waals surface area (Å²) in [6, 6.07) is 8.34. The summed E-state index contributed by atoms with van der Waals surface area (Å²) in [7, 11) is 0. The van der Waals surface area contributed by atoms with Gasteiger partial charge in [-0.25, -0.2) is 4.39 Å². The Kier molecular flexibility index (Phi) is 2.68. The maximum atomic E-state index is 12.9. The SMILES string of the molecule is Fc1ccc(Cn2c(=S)[nH]c3cnccc32)cc1. The molecule has 0 bridgehead atoms. The van der Waals surface area contributed by atoms with Crippen LogP contribution in [0.1, 0.15) is 5.56 Å². The number of H-pyrrole nitrogens is 1. The molecular weight excluding hydrogens is 249 g/mol. The molecule has 0 atom stereocenters. The van der Waals surface area contributed by atoms with E-state index in [-0.39, 0.29) is 5.82 Å². The minimum Gasteiger partial charge on any atom is -0.329 e. The molecular formula is C13H10FN3S. The van der Waals surface area contributed by atoms with E-state index >= 15 is 0 Å². The highest BCUT2D eigenvalue weighted by Gasteiger charge is 2.04. The molecule has 1 N–H and O–H groups in total. The Balaban J connectivity index is 2.07. The summed E-state index contributed by atoms with van der Waals surface area (Å²) in [6.07, 6.45) is 3.47. The van der Waals surface area contributed by atoms with Crippen LogP contribution in [0.2, 0.25) is 0 Å². The van der Waals surface area contributed by atoms with Gasteiger partial charge in [0, 0.05) is 6.20 Å². The van der Waals surface area contributed by atoms with Crippen LogP contribution in [0.15, 0.2) is 42.7 Å². The largest absolute Gasteiger partial charge is 0.329 e. The van der Waals surface area contributed by atoms with Crippen molar-refractivity contribution in [2.75, 3.05) is 0 Å². The molecule has 2 aromatic heterocycles. The van der Waals surface area contributed by atoms with Gasteiger partial charge in [0.05, 0.1) is 23.8 Å². The van der Waals surface area contributed by atoms with E-state index in [1.54, 1.807) is 24.5 Å². The summed E-state index contributed by atoms with van der Waals surface area (Å²) >= 11 is 5.28. The zero-order valence-electron chi connectivity index (χ0n) is 9.43. The summed E-state index contributed by atoms with van der Waals surface area (Å²) in [6.45, 7) is 0.614. The average Bonchev–Trinajstić information content (AvgIpc) is 2.69. The Morgan fingerprint density at radius 1 is 1.22 bits per heavy atom. The summed E-state index contributed by atoms with van der Waals surface area (Å²) in [5.74, 6) is -0.231. The normalized spacial score (nSPS) is 10.9. The van der Waals surface area contributed by atoms with Gasteiger partial charge in [-0.15, -0.1) is 0 Å². The number of halogens is 1. The number of benzene rings is 1. The Bertz CT molecular complexity index is 743. The fourth-order valence-corrected chi connectivity index (χ4v) is 2.21. The van der Waals surface area contributed by atoms with Crippen LogP contribution >= 0.6 is 12.2 Å². The van der Waals surface area contributed by atoms with Gasteiger partial charge in [-0.1, -0.05) is 12.1 Å². The zero-order valence-corrected chi connectivity index (χ0v) is 10.2. The highest BCUT2D eigenvalue weighted by Crippen LogP contribution is 2.14. The first-order chi connectivity index (χ1) is 8.74. The van der Waals surface area contributed by atoms with Gasteiger partial charge in [0.25, 0.3) is 0 Å². The van der Waals surface area contributed by atoms with Gasteiger partial charge in [0.15, 0.2) is 4.77 Å². The lowest BCUT2D eigenvalue weighted by Gasteiger charge is -2.04. The second-order valence-corrected chi connectivity index (χ2v) is 4.42. The van der Waals surface area contributed by atoms with Crippen LogP contribution in [0.4, 0.5) is 4.39 Å². The van der Waals surface area contributed by atoms with Crippen LogP contribution < -0.4 is 0 Å². The Labute approximate surface area is 108 Å². The number of nitrogens with one attached hydrogen (secondary N) is 1. The van der Waals surface area contributed by atoms with Gasteiger partial charge >= 0.3 is 0 Å². The third-order valence-corrected chi connectivity index (χ3v) is 3.15. The van der Waals surface area contributed by atoms with Crippen LogP contribution in [0.25, 0.3) is 11.0 Å². The zero-order chi connectivity index (χ0) is 12.5. The quantitative estimate of drug-likeness (QED) is 0.716. The monoisotopic (exact) mass is 259 g/mol. The molecule has 2 heterocycles. The van der Waals surface area contributed by atoms with Gasteiger partial charge in [-0.05, 0) is 36.0 Å². The molecule has 1 aromatic carbocycles. The van der Waals surface area contributed by atoms with E-state index in [1.165, 1.54) is 12.1 Å². The predicted molar refractivity (Wildman–Crippen MR) is 70.4 cm³/mol. The lowest BCUT2D eigenvalue weighted by molar-refractivity contribution is 0.626. The van der Waals surface area contributed by atoms with Crippen molar-refractivity contribution in [3.8, 4) is 0 Å². The number of imidazole rings is 1. The molecule has 0 aliphatic carbocycles. The van der Waals surface area contributed by atoms with E-state index < -0.39 is 0 Å². The smallest absolute Gasteiger partial charge is 0.178 e. The van der Waals surface area contributed by atoms with Crippen molar-refractivity contribution in [2.24, 2.45) is 0 Å². The van der Waals surface area contributed by atoms with Crippen LogP contribution in [0, 0.1) is 10.6 Å².